The fourth-order valence-corrected chi connectivity index (χ4v) is 7.10. The van der Waals surface area contributed by atoms with Gasteiger partial charge in [0.2, 0.25) is 5.91 Å². The number of carbonyl (C=O) groups is 1. The van der Waals surface area contributed by atoms with Crippen LogP contribution in [-0.4, -0.2) is 42.1 Å². The summed E-state index contributed by atoms with van der Waals surface area (Å²) in [5.41, 5.74) is 0.469. The molecule has 6 rings (SSSR count). The molecular formula is C28H30FN5O5S. The van der Waals surface area contributed by atoms with E-state index in [1.54, 1.807) is 22.8 Å². The summed E-state index contributed by atoms with van der Waals surface area (Å²) in [7, 11) is 0. The van der Waals surface area contributed by atoms with E-state index in [2.05, 4.69) is 10.3 Å². The lowest BCUT2D eigenvalue weighted by atomic mass is 9.90. The van der Waals surface area contributed by atoms with E-state index in [0.29, 0.717) is 36.8 Å². The highest BCUT2D eigenvalue weighted by Crippen LogP contribution is 2.30. The van der Waals surface area contributed by atoms with E-state index in [0.717, 1.165) is 30.5 Å². The van der Waals surface area contributed by atoms with Crippen molar-refractivity contribution < 1.29 is 13.6 Å². The zero-order chi connectivity index (χ0) is 27.8. The summed E-state index contributed by atoms with van der Waals surface area (Å²) in [6.07, 6.45) is 5.00. The molecule has 0 spiro atoms. The van der Waals surface area contributed by atoms with Gasteiger partial charge in [0.1, 0.15) is 11.5 Å². The first-order chi connectivity index (χ1) is 19.4. The van der Waals surface area contributed by atoms with Gasteiger partial charge < -0.3 is 9.73 Å². The first-order valence-corrected chi connectivity index (χ1v) is 14.8. The number of thioether (sulfide) groups is 1. The normalized spacial score (nSPS) is 20.2. The maximum Gasteiger partial charge on any atom is 0.419 e. The minimum Gasteiger partial charge on any atom is -0.408 e. The molecule has 3 aromatic heterocycles. The van der Waals surface area contributed by atoms with E-state index in [4.69, 9.17) is 4.42 Å². The molecule has 4 aromatic rings. The second-order valence-corrected chi connectivity index (χ2v) is 11.7. The van der Waals surface area contributed by atoms with Gasteiger partial charge in [0.05, 0.1) is 17.1 Å². The second kappa shape index (κ2) is 11.1. The smallest absolute Gasteiger partial charge is 0.408 e. The molecule has 4 heterocycles. The van der Waals surface area contributed by atoms with Crippen LogP contribution in [0.1, 0.15) is 57.0 Å². The Kier molecular flexibility index (Phi) is 7.35. The van der Waals surface area contributed by atoms with Crippen molar-refractivity contribution >= 4 is 39.8 Å². The molecule has 0 bridgehead atoms. The fourth-order valence-electron chi connectivity index (χ4n) is 6.02. The third-order valence-electron chi connectivity index (χ3n) is 8.04. The molecule has 10 nitrogen and oxygen atoms in total. The fraction of sp³-hybridized carbons (Fsp3) is 0.464. The van der Waals surface area contributed by atoms with Crippen LogP contribution in [0.25, 0.3) is 22.1 Å². The standard InChI is InChI=1S/C28H30FN5O5S/c29-17-15-21-25(30-16-17)33(20-10-13-40-14-11-20)27(37)34(26(21)36)19-7-5-18(6-8-19)31-24(35)9-12-32-22-3-1-2-4-23(22)39-28(32)38/h1-4,15-16,18-20H,5-14H2,(H,31,35)/t18-,19+. The van der Waals surface area contributed by atoms with E-state index < -0.39 is 22.8 Å². The number of fused-ring (bicyclic) bond motifs is 2. The van der Waals surface area contributed by atoms with Crippen molar-refractivity contribution in [2.24, 2.45) is 0 Å². The Labute approximate surface area is 232 Å². The van der Waals surface area contributed by atoms with E-state index in [1.165, 1.54) is 15.2 Å². The van der Waals surface area contributed by atoms with E-state index in [-0.39, 0.29) is 48.0 Å². The summed E-state index contributed by atoms with van der Waals surface area (Å²) >= 11 is 1.83. The van der Waals surface area contributed by atoms with Crippen molar-refractivity contribution in [2.75, 3.05) is 11.5 Å². The molecule has 1 aliphatic carbocycles. The molecular weight excluding hydrogens is 537 g/mol. The Bertz CT molecular complexity index is 1740. The average Bonchev–Trinajstić information content (AvgIpc) is 3.28. The molecule has 1 aromatic carbocycles. The summed E-state index contributed by atoms with van der Waals surface area (Å²) < 4.78 is 23.7. The number of amides is 1. The second-order valence-electron chi connectivity index (χ2n) is 10.5. The third kappa shape index (κ3) is 5.00. The van der Waals surface area contributed by atoms with Gasteiger partial charge in [-0.25, -0.2) is 19.0 Å². The lowest BCUT2D eigenvalue weighted by Crippen LogP contribution is -2.46. The topological polar surface area (TPSA) is 121 Å². The molecule has 40 heavy (non-hydrogen) atoms. The van der Waals surface area contributed by atoms with E-state index in [1.807, 2.05) is 17.8 Å². The number of hydrogen-bond acceptors (Lipinski definition) is 7. The Morgan fingerprint density at radius 3 is 2.52 bits per heavy atom. The predicted molar refractivity (Wildman–Crippen MR) is 150 cm³/mol. The Hall–Kier alpha value is -3.67. The van der Waals surface area contributed by atoms with Crippen molar-refractivity contribution in [1.82, 2.24) is 24.0 Å². The number of aryl methyl sites for hydroxylation is 1. The van der Waals surface area contributed by atoms with Crippen LogP contribution < -0.4 is 22.3 Å². The number of nitrogens with one attached hydrogen (secondary N) is 1. The largest absolute Gasteiger partial charge is 0.419 e. The van der Waals surface area contributed by atoms with Gasteiger partial charge in [0, 0.05) is 31.1 Å². The van der Waals surface area contributed by atoms with Gasteiger partial charge in [0.25, 0.3) is 5.56 Å². The van der Waals surface area contributed by atoms with E-state index in [9.17, 15) is 23.6 Å². The zero-order valence-electron chi connectivity index (χ0n) is 21.9. The molecule has 210 valence electrons. The number of rotatable bonds is 6. The Morgan fingerprint density at radius 1 is 1.02 bits per heavy atom. The highest BCUT2D eigenvalue weighted by molar-refractivity contribution is 7.99. The summed E-state index contributed by atoms with van der Waals surface area (Å²) in [5.74, 6) is 0.535. The van der Waals surface area contributed by atoms with Crippen LogP contribution in [0.4, 0.5) is 4.39 Å². The SMILES string of the molecule is O=C(CCn1c(=O)oc2ccccc21)N[C@H]1CC[C@@H](n2c(=O)c3cc(F)cnc3n(C3CCSCC3)c2=O)CC1. The highest BCUT2D eigenvalue weighted by atomic mass is 32.2. The summed E-state index contributed by atoms with van der Waals surface area (Å²) in [5, 5.41) is 3.15. The minimum atomic E-state index is -0.613. The molecule has 1 amide bonds. The van der Waals surface area contributed by atoms with Gasteiger partial charge in [-0.15, -0.1) is 0 Å². The molecule has 2 fully saturated rings. The number of oxazole rings is 1. The van der Waals surface area contributed by atoms with Crippen LogP contribution in [0.5, 0.6) is 0 Å². The quantitative estimate of drug-likeness (QED) is 0.379. The van der Waals surface area contributed by atoms with Crippen molar-refractivity contribution in [3.63, 3.8) is 0 Å². The first-order valence-electron chi connectivity index (χ1n) is 13.7. The van der Waals surface area contributed by atoms with Gasteiger partial charge in [0.15, 0.2) is 5.58 Å². The maximum absolute atomic E-state index is 14.1. The lowest BCUT2D eigenvalue weighted by molar-refractivity contribution is -0.122. The van der Waals surface area contributed by atoms with Gasteiger partial charge in [-0.05, 0) is 68.2 Å². The van der Waals surface area contributed by atoms with Crippen molar-refractivity contribution in [1.29, 1.82) is 0 Å². The number of carbonyl (C=O) groups excluding carboxylic acids is 1. The molecule has 1 N–H and O–H groups in total. The third-order valence-corrected chi connectivity index (χ3v) is 9.09. The van der Waals surface area contributed by atoms with Crippen molar-refractivity contribution in [2.45, 2.75) is 69.6 Å². The molecule has 0 atom stereocenters. The monoisotopic (exact) mass is 567 g/mol. The molecule has 0 radical (unpaired) electrons. The van der Waals surface area contributed by atoms with Crippen molar-refractivity contribution in [3.8, 4) is 0 Å². The van der Waals surface area contributed by atoms with Crippen LogP contribution in [-0.2, 0) is 11.3 Å². The van der Waals surface area contributed by atoms with Crippen LogP contribution in [0, 0.1) is 5.82 Å². The minimum absolute atomic E-state index is 0.0865. The number of nitrogens with zero attached hydrogens (tertiary/aromatic N) is 4. The molecule has 12 heteroatoms. The van der Waals surface area contributed by atoms with Gasteiger partial charge in [-0.1, -0.05) is 12.1 Å². The molecule has 2 aliphatic rings. The summed E-state index contributed by atoms with van der Waals surface area (Å²) in [6.45, 7) is 0.202. The predicted octanol–water partition coefficient (Wildman–Crippen LogP) is 3.36. The highest BCUT2D eigenvalue weighted by Gasteiger charge is 2.29. The number of halogens is 1. The maximum atomic E-state index is 14.1. The number of para-hydroxylation sites is 2. The molecule has 1 aliphatic heterocycles. The number of benzene rings is 1. The summed E-state index contributed by atoms with van der Waals surface area (Å²) in [4.78, 5) is 56.2. The van der Waals surface area contributed by atoms with Crippen LogP contribution >= 0.6 is 11.8 Å². The average molecular weight is 568 g/mol. The van der Waals surface area contributed by atoms with Crippen LogP contribution in [0.3, 0.4) is 0 Å². The van der Waals surface area contributed by atoms with E-state index >= 15 is 0 Å². The number of pyridine rings is 1. The van der Waals surface area contributed by atoms with Crippen molar-refractivity contribution in [3.05, 3.63) is 73.7 Å². The lowest BCUT2D eigenvalue weighted by Gasteiger charge is -2.31. The van der Waals surface area contributed by atoms with Gasteiger partial charge in [-0.2, -0.15) is 11.8 Å². The molecule has 1 saturated heterocycles. The molecule has 1 saturated carbocycles. The Balaban J connectivity index is 1.16. The first kappa shape index (κ1) is 26.5. The van der Waals surface area contributed by atoms with Crippen LogP contribution in [0.2, 0.25) is 0 Å². The number of aromatic nitrogens is 4. The van der Waals surface area contributed by atoms with Gasteiger partial charge in [-0.3, -0.25) is 23.3 Å². The Morgan fingerprint density at radius 2 is 1.75 bits per heavy atom. The zero-order valence-corrected chi connectivity index (χ0v) is 22.7. The molecule has 0 unspecified atom stereocenters. The summed E-state index contributed by atoms with van der Waals surface area (Å²) in [6, 6.07) is 7.72. The van der Waals surface area contributed by atoms with Crippen LogP contribution in [0.15, 0.2) is 55.3 Å². The number of hydrogen-bond donors (Lipinski definition) is 1. The van der Waals surface area contributed by atoms with Gasteiger partial charge >= 0.3 is 11.4 Å².